The first-order valence-electron chi connectivity index (χ1n) is 7.92. The Morgan fingerprint density at radius 3 is 2.11 bits per heavy atom. The molecule has 1 fully saturated rings. The van der Waals surface area contributed by atoms with Crippen LogP contribution in [0.3, 0.4) is 0 Å². The van der Waals surface area contributed by atoms with Crippen LogP contribution in [0.25, 0.3) is 0 Å². The number of rotatable bonds is 6. The van der Waals surface area contributed by atoms with E-state index in [0.29, 0.717) is 11.5 Å². The van der Waals surface area contributed by atoms with Gasteiger partial charge in [0, 0.05) is 6.04 Å². The predicted molar refractivity (Wildman–Crippen MR) is 93.2 cm³/mol. The van der Waals surface area contributed by atoms with Crippen molar-refractivity contribution in [1.29, 1.82) is 0 Å². The molecule has 0 spiro atoms. The molecular weight excluding hydrogens is 377 g/mol. The standard InChI is InChI=1S/C17H16FN3O5S/c1-10(15-16(22)20-17(23)19-15)21-27(24,25)14-8-6-13(7-9-14)26-12-4-2-11(18)3-5-12/h2-10,15,21H,1H3,(H2,19,20,22,23)/t10-,15+/m1/s1. The summed E-state index contributed by atoms with van der Waals surface area (Å²) in [6, 6.07) is 8.45. The van der Waals surface area contributed by atoms with Crippen LogP contribution in [0.2, 0.25) is 0 Å². The summed E-state index contributed by atoms with van der Waals surface area (Å²) >= 11 is 0. The molecule has 2 aromatic carbocycles. The zero-order valence-electron chi connectivity index (χ0n) is 14.1. The molecule has 0 aliphatic carbocycles. The summed E-state index contributed by atoms with van der Waals surface area (Å²) in [7, 11) is -3.92. The lowest BCUT2D eigenvalue weighted by molar-refractivity contribution is -0.120. The quantitative estimate of drug-likeness (QED) is 0.644. The molecule has 1 aliphatic heterocycles. The van der Waals surface area contributed by atoms with E-state index in [2.05, 4.69) is 10.0 Å². The summed E-state index contributed by atoms with van der Waals surface area (Å²) in [5.41, 5.74) is 0. The fraction of sp³-hybridized carbons (Fsp3) is 0.176. The molecule has 1 saturated heterocycles. The van der Waals surface area contributed by atoms with E-state index in [0.717, 1.165) is 0 Å². The molecule has 1 heterocycles. The van der Waals surface area contributed by atoms with Crippen molar-refractivity contribution in [2.24, 2.45) is 0 Å². The molecule has 0 aromatic heterocycles. The Hall–Kier alpha value is -2.98. The van der Waals surface area contributed by atoms with Crippen LogP contribution in [0.4, 0.5) is 9.18 Å². The van der Waals surface area contributed by atoms with Gasteiger partial charge < -0.3 is 10.1 Å². The van der Waals surface area contributed by atoms with E-state index in [1.165, 1.54) is 55.5 Å². The number of halogens is 1. The number of carbonyl (C=O) groups is 2. The van der Waals surface area contributed by atoms with Gasteiger partial charge in [-0.3, -0.25) is 10.1 Å². The van der Waals surface area contributed by atoms with Gasteiger partial charge in [-0.05, 0) is 55.5 Å². The van der Waals surface area contributed by atoms with E-state index < -0.39 is 39.9 Å². The number of ether oxygens (including phenoxy) is 1. The molecule has 27 heavy (non-hydrogen) atoms. The molecule has 2 aromatic rings. The van der Waals surface area contributed by atoms with Crippen LogP contribution < -0.4 is 20.1 Å². The average molecular weight is 393 g/mol. The molecule has 0 unspecified atom stereocenters. The molecule has 1 aliphatic rings. The smallest absolute Gasteiger partial charge is 0.322 e. The van der Waals surface area contributed by atoms with Crippen LogP contribution in [0.1, 0.15) is 6.92 Å². The lowest BCUT2D eigenvalue weighted by atomic mass is 10.1. The van der Waals surface area contributed by atoms with Crippen molar-refractivity contribution >= 4 is 22.0 Å². The molecule has 0 bridgehead atoms. The van der Waals surface area contributed by atoms with Gasteiger partial charge in [0.2, 0.25) is 10.0 Å². The zero-order valence-corrected chi connectivity index (χ0v) is 14.9. The van der Waals surface area contributed by atoms with Gasteiger partial charge in [-0.1, -0.05) is 0 Å². The summed E-state index contributed by atoms with van der Waals surface area (Å²) in [5.74, 6) is -0.216. The molecule has 142 valence electrons. The van der Waals surface area contributed by atoms with Crippen molar-refractivity contribution in [1.82, 2.24) is 15.4 Å². The molecule has 0 radical (unpaired) electrons. The fourth-order valence-electron chi connectivity index (χ4n) is 2.49. The second-order valence-corrected chi connectivity index (χ2v) is 7.59. The number of hydrogen-bond donors (Lipinski definition) is 3. The van der Waals surface area contributed by atoms with E-state index in [9.17, 15) is 22.4 Å². The first kappa shape index (κ1) is 18.8. The Labute approximate surface area is 154 Å². The van der Waals surface area contributed by atoms with Gasteiger partial charge in [0.05, 0.1) is 4.90 Å². The van der Waals surface area contributed by atoms with Gasteiger partial charge in [-0.25, -0.2) is 22.3 Å². The highest BCUT2D eigenvalue weighted by Gasteiger charge is 2.36. The van der Waals surface area contributed by atoms with Crippen LogP contribution >= 0.6 is 0 Å². The van der Waals surface area contributed by atoms with E-state index in [1.54, 1.807) is 0 Å². The predicted octanol–water partition coefficient (Wildman–Crippen LogP) is 1.49. The largest absolute Gasteiger partial charge is 0.457 e. The number of urea groups is 1. The Balaban J connectivity index is 1.68. The third-order valence-corrected chi connectivity index (χ3v) is 5.41. The minimum absolute atomic E-state index is 0.0365. The molecule has 2 atom stereocenters. The number of imide groups is 1. The molecule has 8 nitrogen and oxygen atoms in total. The topological polar surface area (TPSA) is 114 Å². The van der Waals surface area contributed by atoms with Crippen molar-refractivity contribution in [2.45, 2.75) is 23.9 Å². The Kier molecular flexibility index (Phi) is 5.10. The molecule has 0 saturated carbocycles. The highest BCUT2D eigenvalue weighted by atomic mass is 32.2. The third kappa shape index (κ3) is 4.41. The van der Waals surface area contributed by atoms with Gasteiger partial charge in [0.15, 0.2) is 0 Å². The minimum Gasteiger partial charge on any atom is -0.457 e. The third-order valence-electron chi connectivity index (χ3n) is 3.83. The van der Waals surface area contributed by atoms with E-state index in [-0.39, 0.29) is 4.90 Å². The molecule has 3 N–H and O–H groups in total. The number of benzene rings is 2. The molecule has 10 heteroatoms. The van der Waals surface area contributed by atoms with Crippen LogP contribution in [0.15, 0.2) is 53.4 Å². The summed E-state index contributed by atoms with van der Waals surface area (Å²) in [4.78, 5) is 22.7. The first-order chi connectivity index (χ1) is 12.7. The maximum Gasteiger partial charge on any atom is 0.322 e. The van der Waals surface area contributed by atoms with E-state index >= 15 is 0 Å². The first-order valence-corrected chi connectivity index (χ1v) is 9.40. The normalized spacial score (nSPS) is 17.9. The summed E-state index contributed by atoms with van der Waals surface area (Å²) in [6.07, 6.45) is 0. The van der Waals surface area contributed by atoms with Gasteiger partial charge in [0.1, 0.15) is 23.4 Å². The zero-order chi connectivity index (χ0) is 19.6. The SMILES string of the molecule is C[C@@H](NS(=O)(=O)c1ccc(Oc2ccc(F)cc2)cc1)[C@@H]1NC(=O)NC1=O. The second kappa shape index (κ2) is 7.33. The van der Waals surface area contributed by atoms with Crippen molar-refractivity contribution in [3.63, 3.8) is 0 Å². The van der Waals surface area contributed by atoms with Crippen LogP contribution in [0, 0.1) is 5.82 Å². The van der Waals surface area contributed by atoms with E-state index in [1.807, 2.05) is 5.32 Å². The lowest BCUT2D eigenvalue weighted by Gasteiger charge is -2.18. The van der Waals surface area contributed by atoms with Gasteiger partial charge in [-0.2, -0.15) is 0 Å². The number of hydrogen-bond acceptors (Lipinski definition) is 5. The summed E-state index contributed by atoms with van der Waals surface area (Å²) in [5, 5.41) is 4.39. The van der Waals surface area contributed by atoms with E-state index in [4.69, 9.17) is 4.74 Å². The number of nitrogens with one attached hydrogen (secondary N) is 3. The van der Waals surface area contributed by atoms with Crippen molar-refractivity contribution < 1.29 is 27.1 Å². The minimum atomic E-state index is -3.92. The van der Waals surface area contributed by atoms with Crippen molar-refractivity contribution in [2.75, 3.05) is 0 Å². The van der Waals surface area contributed by atoms with Crippen LogP contribution in [-0.2, 0) is 14.8 Å². The number of sulfonamides is 1. The Morgan fingerprint density at radius 2 is 1.59 bits per heavy atom. The second-order valence-electron chi connectivity index (χ2n) is 5.88. The molecule has 3 rings (SSSR count). The van der Waals surface area contributed by atoms with Gasteiger partial charge in [-0.15, -0.1) is 0 Å². The van der Waals surface area contributed by atoms with Crippen LogP contribution in [0.5, 0.6) is 11.5 Å². The maximum atomic E-state index is 12.9. The highest BCUT2D eigenvalue weighted by molar-refractivity contribution is 7.89. The van der Waals surface area contributed by atoms with Crippen molar-refractivity contribution in [3.05, 3.63) is 54.3 Å². The highest BCUT2D eigenvalue weighted by Crippen LogP contribution is 2.23. The Bertz CT molecular complexity index is 961. The number of amides is 3. The lowest BCUT2D eigenvalue weighted by Crippen LogP contribution is -2.49. The number of carbonyl (C=O) groups excluding carboxylic acids is 2. The van der Waals surface area contributed by atoms with Gasteiger partial charge >= 0.3 is 6.03 Å². The summed E-state index contributed by atoms with van der Waals surface area (Å²) in [6.45, 7) is 1.47. The molecule has 3 amide bonds. The molecular formula is C17H16FN3O5S. The monoisotopic (exact) mass is 393 g/mol. The van der Waals surface area contributed by atoms with Crippen molar-refractivity contribution in [3.8, 4) is 11.5 Å². The summed E-state index contributed by atoms with van der Waals surface area (Å²) < 4.78 is 45.7. The average Bonchev–Trinajstić information content (AvgIpc) is 2.95. The van der Waals surface area contributed by atoms with Crippen LogP contribution in [-0.4, -0.2) is 32.4 Å². The Morgan fingerprint density at radius 1 is 1.04 bits per heavy atom. The fourth-order valence-corrected chi connectivity index (χ4v) is 3.75. The van der Waals surface area contributed by atoms with Gasteiger partial charge in [0.25, 0.3) is 5.91 Å². The maximum absolute atomic E-state index is 12.9.